The number of ether oxygens (including phenoxy) is 2. The van der Waals surface area contributed by atoms with Crippen molar-refractivity contribution in [2.75, 3.05) is 27.4 Å². The van der Waals surface area contributed by atoms with Gasteiger partial charge in [0.2, 0.25) is 9.84 Å². The molecular weight excluding hydrogens is 472 g/mol. The Labute approximate surface area is 164 Å². The van der Waals surface area contributed by atoms with Gasteiger partial charge in [0.15, 0.2) is 0 Å². The van der Waals surface area contributed by atoms with Gasteiger partial charge < -0.3 is 9.47 Å². The lowest BCUT2D eigenvalue weighted by atomic mass is 9.99. The van der Waals surface area contributed by atoms with Crippen LogP contribution in [0.15, 0.2) is 43.0 Å². The zero-order chi connectivity index (χ0) is 18.2. The number of sulfone groups is 1. The van der Waals surface area contributed by atoms with Gasteiger partial charge in [-0.1, -0.05) is 31.9 Å². The molecule has 0 bridgehead atoms. The van der Waals surface area contributed by atoms with Crippen LogP contribution in [-0.4, -0.2) is 35.9 Å². The van der Waals surface area contributed by atoms with Crippen molar-refractivity contribution in [3.63, 3.8) is 0 Å². The normalized spacial score (nSPS) is 14.4. The number of hydrogen-bond acceptors (Lipinski definition) is 4. The summed E-state index contributed by atoms with van der Waals surface area (Å²) in [5, 5.41) is 0. The van der Waals surface area contributed by atoms with Crippen LogP contribution in [0.3, 0.4) is 0 Å². The van der Waals surface area contributed by atoms with E-state index in [1.54, 1.807) is 26.4 Å². The summed E-state index contributed by atoms with van der Waals surface area (Å²) in [5.74, 6) is 0. The summed E-state index contributed by atoms with van der Waals surface area (Å²) in [4.78, 5) is 0.706. The zero-order valence-corrected chi connectivity index (χ0v) is 17.9. The molecule has 0 aliphatic carbocycles. The average Bonchev–Trinajstić information content (AvgIpc) is 2.78. The standard InChI is InChI=1S/C18H18Br2O4S/c1-23-5-3-11-7-13-14-8-12(4-6-24-2)16(20)10-18(14)25(21,22)17(13)9-15(11)19/h7-10H,3-6H2,1-2H3. The Bertz CT molecular complexity index is 854. The number of benzene rings is 2. The second-order valence-electron chi connectivity index (χ2n) is 5.87. The molecule has 0 spiro atoms. The van der Waals surface area contributed by atoms with Crippen molar-refractivity contribution >= 4 is 41.7 Å². The predicted molar refractivity (Wildman–Crippen MR) is 104 cm³/mol. The minimum atomic E-state index is -3.51. The van der Waals surface area contributed by atoms with E-state index in [-0.39, 0.29) is 0 Å². The van der Waals surface area contributed by atoms with E-state index in [0.717, 1.165) is 31.2 Å². The fourth-order valence-electron chi connectivity index (χ4n) is 2.99. The van der Waals surface area contributed by atoms with Gasteiger partial charge in [-0.05, 0) is 48.2 Å². The van der Waals surface area contributed by atoms with Gasteiger partial charge >= 0.3 is 0 Å². The highest BCUT2D eigenvalue weighted by Gasteiger charge is 2.34. The smallest absolute Gasteiger partial charge is 0.207 e. The topological polar surface area (TPSA) is 52.6 Å². The fraction of sp³-hybridized carbons (Fsp3) is 0.333. The minimum absolute atomic E-state index is 0.353. The molecule has 1 aliphatic heterocycles. The highest BCUT2D eigenvalue weighted by molar-refractivity contribution is 9.10. The lowest BCUT2D eigenvalue weighted by Gasteiger charge is -2.09. The van der Waals surface area contributed by atoms with Crippen molar-refractivity contribution in [3.05, 3.63) is 44.3 Å². The van der Waals surface area contributed by atoms with Crippen molar-refractivity contribution in [2.45, 2.75) is 22.6 Å². The molecule has 0 N–H and O–H groups in total. The molecular formula is C18H18Br2O4S. The van der Waals surface area contributed by atoms with Crippen LogP contribution in [0.2, 0.25) is 0 Å². The summed E-state index contributed by atoms with van der Waals surface area (Å²) in [6.07, 6.45) is 1.43. The molecule has 0 aromatic heterocycles. The summed E-state index contributed by atoms with van der Waals surface area (Å²) in [6.45, 7) is 1.16. The highest BCUT2D eigenvalue weighted by atomic mass is 79.9. The van der Waals surface area contributed by atoms with E-state index < -0.39 is 9.84 Å². The van der Waals surface area contributed by atoms with E-state index in [4.69, 9.17) is 9.47 Å². The quantitative estimate of drug-likeness (QED) is 0.514. The van der Waals surface area contributed by atoms with Gasteiger partial charge in [-0.2, -0.15) is 0 Å². The van der Waals surface area contributed by atoms with Gasteiger partial charge in [0, 0.05) is 34.3 Å². The number of fused-ring (bicyclic) bond motifs is 3. The monoisotopic (exact) mass is 488 g/mol. The third kappa shape index (κ3) is 3.45. The van der Waals surface area contributed by atoms with Gasteiger partial charge in [0.25, 0.3) is 0 Å². The molecule has 3 rings (SSSR count). The molecule has 2 aromatic rings. The molecule has 1 aliphatic rings. The molecule has 134 valence electrons. The molecule has 7 heteroatoms. The number of halogens is 2. The molecule has 25 heavy (non-hydrogen) atoms. The maximum absolute atomic E-state index is 12.9. The Hall–Kier alpha value is -0.730. The first-order valence-electron chi connectivity index (χ1n) is 7.78. The summed E-state index contributed by atoms with van der Waals surface area (Å²) in [6, 6.07) is 7.32. The first-order chi connectivity index (χ1) is 11.9. The van der Waals surface area contributed by atoms with Crippen molar-refractivity contribution in [2.24, 2.45) is 0 Å². The van der Waals surface area contributed by atoms with E-state index in [0.29, 0.717) is 35.8 Å². The van der Waals surface area contributed by atoms with E-state index in [1.807, 2.05) is 12.1 Å². The van der Waals surface area contributed by atoms with E-state index in [9.17, 15) is 8.42 Å². The Morgan fingerprint density at radius 3 is 1.56 bits per heavy atom. The molecule has 1 heterocycles. The van der Waals surface area contributed by atoms with Crippen LogP contribution in [0.25, 0.3) is 11.1 Å². The molecule has 0 radical (unpaired) electrons. The zero-order valence-electron chi connectivity index (χ0n) is 13.9. The van der Waals surface area contributed by atoms with E-state index in [2.05, 4.69) is 31.9 Å². The van der Waals surface area contributed by atoms with Crippen LogP contribution >= 0.6 is 31.9 Å². The fourth-order valence-corrected chi connectivity index (χ4v) is 6.08. The summed E-state index contributed by atoms with van der Waals surface area (Å²) in [5.41, 5.74) is 3.58. The highest BCUT2D eigenvalue weighted by Crippen LogP contribution is 2.47. The van der Waals surface area contributed by atoms with E-state index >= 15 is 0 Å². The maximum Gasteiger partial charge on any atom is 0.207 e. The summed E-state index contributed by atoms with van der Waals surface area (Å²) in [7, 11) is -0.200. The van der Waals surface area contributed by atoms with Gasteiger partial charge in [0.05, 0.1) is 23.0 Å². The molecule has 0 atom stereocenters. The second-order valence-corrected chi connectivity index (χ2v) is 9.46. The Kier molecular flexibility index (Phi) is 5.70. The van der Waals surface area contributed by atoms with Crippen molar-refractivity contribution in [1.29, 1.82) is 0 Å². The first-order valence-corrected chi connectivity index (χ1v) is 10.8. The predicted octanol–water partition coefficient (Wildman–Crippen LogP) is 4.40. The van der Waals surface area contributed by atoms with Crippen LogP contribution < -0.4 is 0 Å². The van der Waals surface area contributed by atoms with Crippen molar-refractivity contribution < 1.29 is 17.9 Å². The number of methoxy groups -OCH3 is 2. The third-order valence-corrected chi connectivity index (χ3v) is 7.63. The Balaban J connectivity index is 2.18. The molecule has 0 unspecified atom stereocenters. The number of rotatable bonds is 6. The van der Waals surface area contributed by atoms with Crippen LogP contribution in [0.4, 0.5) is 0 Å². The van der Waals surface area contributed by atoms with Crippen molar-refractivity contribution in [1.82, 2.24) is 0 Å². The second kappa shape index (κ2) is 7.48. The summed E-state index contributed by atoms with van der Waals surface area (Å²) < 4.78 is 37.8. The van der Waals surface area contributed by atoms with Gasteiger partial charge in [-0.3, -0.25) is 0 Å². The van der Waals surface area contributed by atoms with E-state index in [1.165, 1.54) is 0 Å². The molecule has 2 aromatic carbocycles. The molecule has 0 saturated heterocycles. The lowest BCUT2D eigenvalue weighted by molar-refractivity contribution is 0.202. The molecule has 4 nitrogen and oxygen atoms in total. The van der Waals surface area contributed by atoms with Gasteiger partial charge in [0.1, 0.15) is 0 Å². The average molecular weight is 490 g/mol. The third-order valence-electron chi connectivity index (χ3n) is 4.32. The van der Waals surface area contributed by atoms with Crippen LogP contribution in [-0.2, 0) is 32.2 Å². The van der Waals surface area contributed by atoms with Gasteiger partial charge in [-0.25, -0.2) is 8.42 Å². The summed E-state index contributed by atoms with van der Waals surface area (Å²) >= 11 is 6.99. The molecule has 0 fully saturated rings. The van der Waals surface area contributed by atoms with Crippen LogP contribution in [0.1, 0.15) is 11.1 Å². The largest absolute Gasteiger partial charge is 0.384 e. The van der Waals surface area contributed by atoms with Crippen LogP contribution in [0, 0.1) is 0 Å². The molecule has 0 amide bonds. The maximum atomic E-state index is 12.9. The van der Waals surface area contributed by atoms with Crippen molar-refractivity contribution in [3.8, 4) is 11.1 Å². The Morgan fingerprint density at radius 1 is 0.800 bits per heavy atom. The lowest BCUT2D eigenvalue weighted by Crippen LogP contribution is -2.00. The SMILES string of the molecule is COCCc1cc2c(cc1Br)S(=O)(=O)c1cc(Br)c(CCOC)cc1-2. The van der Waals surface area contributed by atoms with Gasteiger partial charge in [-0.15, -0.1) is 0 Å². The Morgan fingerprint density at radius 2 is 1.20 bits per heavy atom. The minimum Gasteiger partial charge on any atom is -0.384 e. The number of hydrogen-bond donors (Lipinski definition) is 0. The van der Waals surface area contributed by atoms with Crippen LogP contribution in [0.5, 0.6) is 0 Å². The first kappa shape index (κ1) is 19.0. The molecule has 0 saturated carbocycles.